The number of aryl methyl sites for hydroxylation is 6. The van der Waals surface area contributed by atoms with Gasteiger partial charge in [-0.1, -0.05) is 146 Å². The molecule has 0 saturated heterocycles. The van der Waals surface area contributed by atoms with E-state index in [1.54, 1.807) is 22.3 Å². The van der Waals surface area contributed by atoms with Gasteiger partial charge in [-0.15, -0.1) is 0 Å². The van der Waals surface area contributed by atoms with E-state index in [0.29, 0.717) is 11.8 Å². The van der Waals surface area contributed by atoms with Gasteiger partial charge in [0.15, 0.2) is 0 Å². The zero-order chi connectivity index (χ0) is 31.8. The van der Waals surface area contributed by atoms with Crippen molar-refractivity contribution in [2.45, 2.75) is 105 Å². The number of fused-ring (bicyclic) bond motifs is 2. The second kappa shape index (κ2) is 13.1. The molecule has 0 heterocycles. The minimum absolute atomic E-state index is 0.544. The van der Waals surface area contributed by atoms with Gasteiger partial charge in [-0.3, -0.25) is 0 Å². The van der Waals surface area contributed by atoms with Crippen molar-refractivity contribution in [3.05, 3.63) is 127 Å². The molecule has 0 nitrogen and oxygen atoms in total. The second-order valence-electron chi connectivity index (χ2n) is 13.6. The van der Waals surface area contributed by atoms with E-state index in [1.165, 1.54) is 78.8 Å². The first-order valence-corrected chi connectivity index (χ1v) is 18.8. The highest BCUT2D eigenvalue weighted by Gasteiger charge is 2.30. The fourth-order valence-electron chi connectivity index (χ4n) is 8.31. The monoisotopic (exact) mass is 606 g/mol. The highest BCUT2D eigenvalue weighted by atomic mass is 28.2. The van der Waals surface area contributed by atoms with Crippen LogP contribution in [0.4, 0.5) is 0 Å². The predicted octanol–water partition coefficient (Wildman–Crippen LogP) is 12.4. The summed E-state index contributed by atoms with van der Waals surface area (Å²) >= 11 is 0. The van der Waals surface area contributed by atoms with Crippen molar-refractivity contribution in [1.29, 1.82) is 0 Å². The molecule has 2 atom stereocenters. The van der Waals surface area contributed by atoms with Crippen LogP contribution in [0, 0.1) is 27.7 Å². The number of hydrogen-bond acceptors (Lipinski definition) is 0. The number of hydrogen-bond donors (Lipinski definition) is 0. The summed E-state index contributed by atoms with van der Waals surface area (Å²) in [5.74, 6) is 1.09. The van der Waals surface area contributed by atoms with Crippen LogP contribution in [0.3, 0.4) is 0 Å². The Balaban J connectivity index is 1.30. The standard InChI is InChI=1S/C44H50Si/c1-9-31-13-15-37-39(43(31)35-19-27(5)17-28(6)20-35)23-33(11-3)41(37)25-45-26-42-34(12-4)24-40-38(42)16-14-32(10-2)44(40)36-21-29(7)18-30(8)22-36/h13-24,41-42H,9-12,25-26H2,1-8H3. The van der Waals surface area contributed by atoms with Crippen LogP contribution in [0.2, 0.25) is 12.1 Å². The summed E-state index contributed by atoms with van der Waals surface area (Å²) in [6.07, 6.45) is 9.53. The third-order valence-electron chi connectivity index (χ3n) is 10.3. The molecule has 0 aromatic heterocycles. The average Bonchev–Trinajstić information content (AvgIpc) is 3.56. The first-order chi connectivity index (χ1) is 21.8. The molecule has 0 fully saturated rings. The molecule has 1 heteroatoms. The van der Waals surface area contributed by atoms with E-state index >= 15 is 0 Å². The lowest BCUT2D eigenvalue weighted by Gasteiger charge is -2.21. The van der Waals surface area contributed by atoms with Crippen LogP contribution in [-0.4, -0.2) is 9.52 Å². The summed E-state index contributed by atoms with van der Waals surface area (Å²) in [5, 5.41) is 0. The molecule has 2 unspecified atom stereocenters. The molecule has 4 aromatic carbocycles. The van der Waals surface area contributed by atoms with Gasteiger partial charge >= 0.3 is 0 Å². The molecule has 45 heavy (non-hydrogen) atoms. The lowest BCUT2D eigenvalue weighted by molar-refractivity contribution is 0.829. The zero-order valence-electron chi connectivity index (χ0n) is 28.8. The summed E-state index contributed by atoms with van der Waals surface area (Å²) in [4.78, 5) is 0. The topological polar surface area (TPSA) is 0 Å². The van der Waals surface area contributed by atoms with Crippen molar-refractivity contribution in [2.24, 2.45) is 0 Å². The van der Waals surface area contributed by atoms with E-state index in [-0.39, 0.29) is 0 Å². The smallest absolute Gasteiger partial charge is 0.0397 e. The Morgan fingerprint density at radius 1 is 0.489 bits per heavy atom. The highest BCUT2D eigenvalue weighted by Crippen LogP contribution is 2.48. The molecule has 2 aliphatic rings. The fourth-order valence-corrected chi connectivity index (χ4v) is 10.0. The van der Waals surface area contributed by atoms with E-state index in [4.69, 9.17) is 0 Å². The van der Waals surface area contributed by atoms with Crippen LogP contribution in [0.5, 0.6) is 0 Å². The maximum Gasteiger partial charge on any atom is 0.0397 e. The molecule has 0 N–H and O–H groups in total. The lowest BCUT2D eigenvalue weighted by atomic mass is 9.87. The van der Waals surface area contributed by atoms with Crippen molar-refractivity contribution in [1.82, 2.24) is 0 Å². The Bertz CT molecular complexity index is 1640. The second-order valence-corrected chi connectivity index (χ2v) is 14.9. The molecule has 6 rings (SSSR count). The van der Waals surface area contributed by atoms with Gasteiger partial charge in [0.1, 0.15) is 0 Å². The van der Waals surface area contributed by atoms with Crippen LogP contribution < -0.4 is 0 Å². The lowest BCUT2D eigenvalue weighted by Crippen LogP contribution is -2.08. The van der Waals surface area contributed by atoms with Gasteiger partial charge in [0.25, 0.3) is 0 Å². The zero-order valence-corrected chi connectivity index (χ0v) is 29.8. The molecular weight excluding hydrogens is 557 g/mol. The van der Waals surface area contributed by atoms with Gasteiger partial charge < -0.3 is 0 Å². The summed E-state index contributed by atoms with van der Waals surface area (Å²) < 4.78 is 0. The first-order valence-electron chi connectivity index (χ1n) is 17.4. The number of rotatable bonds is 10. The predicted molar refractivity (Wildman–Crippen MR) is 199 cm³/mol. The summed E-state index contributed by atoms with van der Waals surface area (Å²) in [6.45, 7) is 18.3. The van der Waals surface area contributed by atoms with Crippen molar-refractivity contribution < 1.29 is 0 Å². The maximum absolute atomic E-state index is 2.57. The molecule has 2 radical (unpaired) electrons. The minimum Gasteiger partial charge on any atom is -0.0626 e. The van der Waals surface area contributed by atoms with Gasteiger partial charge in [-0.25, -0.2) is 0 Å². The highest BCUT2D eigenvalue weighted by molar-refractivity contribution is 6.36. The molecule has 0 spiro atoms. The Labute approximate surface area is 275 Å². The molecule has 0 bridgehead atoms. The van der Waals surface area contributed by atoms with E-state index in [0.717, 1.165) is 35.2 Å². The van der Waals surface area contributed by atoms with E-state index in [9.17, 15) is 0 Å². The van der Waals surface area contributed by atoms with Crippen molar-refractivity contribution >= 4 is 21.7 Å². The molecular formula is C44H50Si. The largest absolute Gasteiger partial charge is 0.0626 e. The summed E-state index contributed by atoms with van der Waals surface area (Å²) in [6, 6.07) is 26.5. The van der Waals surface area contributed by atoms with E-state index in [1.807, 2.05) is 0 Å². The number of benzene rings is 4. The normalized spacial score (nSPS) is 16.9. The Kier molecular flexibility index (Phi) is 9.21. The quantitative estimate of drug-likeness (QED) is 0.158. The van der Waals surface area contributed by atoms with Crippen LogP contribution in [-0.2, 0) is 12.8 Å². The third-order valence-corrected chi connectivity index (χ3v) is 11.7. The minimum atomic E-state index is 0.544. The molecule has 0 aliphatic heterocycles. The molecule has 2 aliphatic carbocycles. The van der Waals surface area contributed by atoms with Crippen molar-refractivity contribution in [2.75, 3.05) is 0 Å². The van der Waals surface area contributed by atoms with E-state index in [2.05, 4.69) is 128 Å². The average molecular weight is 607 g/mol. The van der Waals surface area contributed by atoms with Crippen LogP contribution in [0.1, 0.15) is 108 Å². The van der Waals surface area contributed by atoms with Gasteiger partial charge in [0.05, 0.1) is 0 Å². The van der Waals surface area contributed by atoms with Crippen LogP contribution in [0.25, 0.3) is 34.4 Å². The molecule has 4 aromatic rings. The van der Waals surface area contributed by atoms with Crippen molar-refractivity contribution in [3.63, 3.8) is 0 Å². The molecule has 230 valence electrons. The van der Waals surface area contributed by atoms with E-state index < -0.39 is 0 Å². The molecule has 0 amide bonds. The Hall–Kier alpha value is -3.42. The maximum atomic E-state index is 2.57. The molecule has 0 saturated carbocycles. The SMILES string of the molecule is CCC1=Cc2c(ccc(CC)c2-c2cc(C)cc(C)c2)C1C[Si]CC1C(CC)=Cc2c1ccc(CC)c2-c1cc(C)cc(C)c1. The Morgan fingerprint density at radius 3 is 1.20 bits per heavy atom. The van der Waals surface area contributed by atoms with Crippen molar-refractivity contribution in [3.8, 4) is 22.3 Å². The summed E-state index contributed by atoms with van der Waals surface area (Å²) in [5.41, 5.74) is 23.5. The third kappa shape index (κ3) is 5.97. The van der Waals surface area contributed by atoms with Crippen LogP contribution >= 0.6 is 0 Å². The van der Waals surface area contributed by atoms with Gasteiger partial charge in [-0.05, 0) is 109 Å². The number of allylic oxidation sites excluding steroid dienone is 2. The Morgan fingerprint density at radius 2 is 0.867 bits per heavy atom. The summed E-state index contributed by atoms with van der Waals surface area (Å²) in [7, 11) is 0.934. The fraction of sp³-hybridized carbons (Fsp3) is 0.364. The van der Waals surface area contributed by atoms with Crippen LogP contribution in [0.15, 0.2) is 71.8 Å². The van der Waals surface area contributed by atoms with Gasteiger partial charge in [-0.2, -0.15) is 0 Å². The van der Waals surface area contributed by atoms with Gasteiger partial charge in [0, 0.05) is 21.4 Å². The van der Waals surface area contributed by atoms with Gasteiger partial charge in [0.2, 0.25) is 0 Å². The first kappa shape index (κ1) is 31.6.